The van der Waals surface area contributed by atoms with Gasteiger partial charge >= 0.3 is 5.63 Å². The zero-order chi connectivity index (χ0) is 25.6. The first kappa shape index (κ1) is 24.0. The molecule has 0 saturated heterocycles. The normalized spacial score (nSPS) is 15.5. The van der Waals surface area contributed by atoms with Crippen molar-refractivity contribution in [3.05, 3.63) is 86.6 Å². The molecule has 2 heterocycles. The minimum Gasteiger partial charge on any atom is -0.422 e. The van der Waals surface area contributed by atoms with Crippen LogP contribution in [-0.4, -0.2) is 11.8 Å². The number of nitrogens with one attached hydrogen (secondary N) is 1. The highest BCUT2D eigenvalue weighted by Crippen LogP contribution is 2.44. The zero-order valence-electron chi connectivity index (χ0n) is 20.5. The maximum Gasteiger partial charge on any atom is 0.344 e. The van der Waals surface area contributed by atoms with Crippen LogP contribution in [0.25, 0.3) is 22.1 Å². The van der Waals surface area contributed by atoms with E-state index in [4.69, 9.17) is 10.2 Å². The number of fused-ring (bicyclic) bond motifs is 2. The second-order valence-electron chi connectivity index (χ2n) is 10.4. The van der Waals surface area contributed by atoms with Crippen LogP contribution in [0.4, 0.5) is 5.00 Å². The highest BCUT2D eigenvalue weighted by Gasteiger charge is 2.33. The fourth-order valence-corrected chi connectivity index (χ4v) is 6.24. The van der Waals surface area contributed by atoms with Crippen molar-refractivity contribution in [1.82, 2.24) is 0 Å². The van der Waals surface area contributed by atoms with Gasteiger partial charge < -0.3 is 15.5 Å². The number of hydrogen-bond acceptors (Lipinski definition) is 5. The summed E-state index contributed by atoms with van der Waals surface area (Å²) in [5, 5.41) is 4.24. The molecule has 2 aromatic carbocycles. The summed E-state index contributed by atoms with van der Waals surface area (Å²) in [6.07, 6.45) is 2.65. The number of nitrogens with two attached hydrogens (primary N) is 1. The van der Waals surface area contributed by atoms with Gasteiger partial charge in [0.25, 0.3) is 11.8 Å². The Balaban J connectivity index is 1.40. The minimum absolute atomic E-state index is 0.169. The predicted octanol–water partition coefficient (Wildman–Crippen LogP) is 6.02. The van der Waals surface area contributed by atoms with Crippen molar-refractivity contribution >= 4 is 39.1 Å². The Morgan fingerprint density at radius 3 is 2.50 bits per heavy atom. The van der Waals surface area contributed by atoms with Crippen LogP contribution in [0, 0.1) is 11.3 Å². The topological polar surface area (TPSA) is 102 Å². The van der Waals surface area contributed by atoms with Crippen LogP contribution in [-0.2, 0) is 12.8 Å². The Morgan fingerprint density at radius 1 is 1.08 bits per heavy atom. The number of primary amides is 1. The number of carbonyl (C=O) groups is 2. The van der Waals surface area contributed by atoms with Crippen LogP contribution in [0.2, 0.25) is 0 Å². The lowest BCUT2D eigenvalue weighted by molar-refractivity contribution is 0.1000. The summed E-state index contributed by atoms with van der Waals surface area (Å²) in [5.74, 6) is -0.343. The number of benzene rings is 2. The first-order valence-corrected chi connectivity index (χ1v) is 12.8. The van der Waals surface area contributed by atoms with Crippen molar-refractivity contribution in [3.63, 3.8) is 0 Å². The first-order chi connectivity index (χ1) is 17.1. The highest BCUT2D eigenvalue weighted by atomic mass is 32.1. The van der Waals surface area contributed by atoms with Crippen molar-refractivity contribution in [2.45, 2.75) is 40.0 Å². The summed E-state index contributed by atoms with van der Waals surface area (Å²) in [4.78, 5) is 39.0. The van der Waals surface area contributed by atoms with Gasteiger partial charge in [-0.05, 0) is 66.0 Å². The van der Waals surface area contributed by atoms with E-state index in [0.717, 1.165) is 35.1 Å². The molecule has 7 heteroatoms. The molecule has 5 rings (SSSR count). The Kier molecular flexibility index (Phi) is 6.04. The molecule has 0 bridgehead atoms. The molecule has 2 aromatic heterocycles. The molecule has 36 heavy (non-hydrogen) atoms. The lowest BCUT2D eigenvalue weighted by Gasteiger charge is -2.33. The molecule has 2 amide bonds. The zero-order valence-corrected chi connectivity index (χ0v) is 21.3. The van der Waals surface area contributed by atoms with Gasteiger partial charge in [-0.2, -0.15) is 0 Å². The number of anilines is 1. The quantitative estimate of drug-likeness (QED) is 0.334. The van der Waals surface area contributed by atoms with Crippen molar-refractivity contribution in [3.8, 4) is 11.1 Å². The van der Waals surface area contributed by atoms with Crippen LogP contribution >= 0.6 is 11.3 Å². The second-order valence-corrected chi connectivity index (χ2v) is 11.5. The monoisotopic (exact) mass is 500 g/mol. The average Bonchev–Trinajstić information content (AvgIpc) is 3.20. The molecule has 0 fully saturated rings. The number of para-hydroxylation sites is 1. The SMILES string of the molecule is CC(C)(C)C1CCc2c(sc(NC(=O)c3ccc(-c4cc5ccccc5oc4=O)cc3)c2C(N)=O)C1. The Morgan fingerprint density at radius 2 is 1.81 bits per heavy atom. The van der Waals surface area contributed by atoms with E-state index in [1.165, 1.54) is 11.3 Å². The van der Waals surface area contributed by atoms with E-state index in [9.17, 15) is 14.4 Å². The Hall–Kier alpha value is -3.71. The van der Waals surface area contributed by atoms with Gasteiger partial charge in [0.05, 0.1) is 11.1 Å². The molecule has 0 saturated carbocycles. The molecule has 1 aliphatic rings. The van der Waals surface area contributed by atoms with Gasteiger partial charge in [0, 0.05) is 15.8 Å². The molecule has 0 aliphatic heterocycles. The van der Waals surface area contributed by atoms with Gasteiger partial charge in [0.15, 0.2) is 0 Å². The minimum atomic E-state index is -0.518. The van der Waals surface area contributed by atoms with Crippen LogP contribution in [0.5, 0.6) is 0 Å². The fourth-order valence-electron chi connectivity index (χ4n) is 4.91. The number of thiophene rings is 1. The summed E-state index contributed by atoms with van der Waals surface area (Å²) >= 11 is 1.45. The van der Waals surface area contributed by atoms with Crippen LogP contribution in [0.3, 0.4) is 0 Å². The largest absolute Gasteiger partial charge is 0.422 e. The van der Waals surface area contributed by atoms with Gasteiger partial charge in [0.2, 0.25) is 0 Å². The average molecular weight is 501 g/mol. The van der Waals surface area contributed by atoms with Gasteiger partial charge in [0.1, 0.15) is 10.6 Å². The number of rotatable bonds is 4. The number of carbonyl (C=O) groups excluding carboxylic acids is 2. The summed E-state index contributed by atoms with van der Waals surface area (Å²) in [7, 11) is 0. The fraction of sp³-hybridized carbons (Fsp3) is 0.276. The van der Waals surface area contributed by atoms with Crippen molar-refractivity contribution in [2.24, 2.45) is 17.1 Å². The van der Waals surface area contributed by atoms with E-state index in [-0.39, 0.29) is 11.3 Å². The highest BCUT2D eigenvalue weighted by molar-refractivity contribution is 7.17. The molecule has 4 aromatic rings. The van der Waals surface area contributed by atoms with Crippen LogP contribution in [0.1, 0.15) is 58.3 Å². The molecule has 1 atom stereocenters. The summed E-state index contributed by atoms with van der Waals surface area (Å²) in [6, 6.07) is 15.9. The maximum atomic E-state index is 13.1. The van der Waals surface area contributed by atoms with E-state index in [2.05, 4.69) is 26.1 Å². The molecule has 1 unspecified atom stereocenters. The molecular formula is C29H28N2O4S. The first-order valence-electron chi connectivity index (χ1n) is 12.0. The van der Waals surface area contributed by atoms with Gasteiger partial charge in [-0.25, -0.2) is 4.79 Å². The lowest BCUT2D eigenvalue weighted by Crippen LogP contribution is -2.27. The summed E-state index contributed by atoms with van der Waals surface area (Å²) in [5.41, 5.74) is 8.90. The molecule has 1 aliphatic carbocycles. The van der Waals surface area contributed by atoms with Crippen molar-refractivity contribution in [2.75, 3.05) is 5.32 Å². The third-order valence-electron chi connectivity index (χ3n) is 7.06. The van der Waals surface area contributed by atoms with Crippen LogP contribution in [0.15, 0.2) is 63.8 Å². The third-order valence-corrected chi connectivity index (χ3v) is 8.23. The van der Waals surface area contributed by atoms with Gasteiger partial charge in [-0.15, -0.1) is 11.3 Å². The molecule has 184 valence electrons. The second kappa shape index (κ2) is 9.06. The van der Waals surface area contributed by atoms with E-state index in [1.807, 2.05) is 18.2 Å². The van der Waals surface area contributed by atoms with Crippen molar-refractivity contribution < 1.29 is 14.0 Å². The summed E-state index contributed by atoms with van der Waals surface area (Å²) in [6.45, 7) is 6.71. The van der Waals surface area contributed by atoms with Gasteiger partial charge in [-0.3, -0.25) is 9.59 Å². The molecule has 6 nitrogen and oxygen atoms in total. The molecule has 0 radical (unpaired) electrons. The molecular weight excluding hydrogens is 472 g/mol. The van der Waals surface area contributed by atoms with E-state index >= 15 is 0 Å². The van der Waals surface area contributed by atoms with Crippen LogP contribution < -0.4 is 16.7 Å². The Labute approximate surface area is 213 Å². The smallest absolute Gasteiger partial charge is 0.344 e. The van der Waals surface area contributed by atoms with Gasteiger partial charge in [-0.1, -0.05) is 51.1 Å². The third kappa shape index (κ3) is 4.46. The predicted molar refractivity (Wildman–Crippen MR) is 144 cm³/mol. The maximum absolute atomic E-state index is 13.1. The van der Waals surface area contributed by atoms with E-state index in [0.29, 0.717) is 38.8 Å². The lowest BCUT2D eigenvalue weighted by atomic mass is 9.72. The number of amides is 2. The summed E-state index contributed by atoms with van der Waals surface area (Å²) < 4.78 is 5.43. The van der Waals surface area contributed by atoms with E-state index < -0.39 is 11.5 Å². The Bertz CT molecular complexity index is 1540. The standard InChI is InChI=1S/C29H28N2O4S/c1-29(2,3)19-12-13-20-23(15-19)36-27(24(20)25(30)32)31-26(33)17-10-8-16(9-11-17)21-14-18-6-4-5-7-22(18)35-28(21)34/h4-11,14,19H,12-13,15H2,1-3H3,(H2,30,32)(H,31,33). The number of hydrogen-bond donors (Lipinski definition) is 2. The van der Waals surface area contributed by atoms with E-state index in [1.54, 1.807) is 36.4 Å². The van der Waals surface area contributed by atoms with Crippen molar-refractivity contribution in [1.29, 1.82) is 0 Å². The molecule has 0 spiro atoms. The molecule has 3 N–H and O–H groups in total.